The van der Waals surface area contributed by atoms with E-state index < -0.39 is 45.8 Å². The molecule has 0 spiro atoms. The molecular weight excluding hydrogens is 727 g/mol. The highest BCUT2D eigenvalue weighted by Gasteiger charge is 2.26. The standard InChI is InChI=1S/C46H79O9P/c1-3-5-7-9-11-13-15-17-19-20-21-22-23-24-25-26-28-30-32-34-36-38-46(49)55-45(43-54-56(50,51)53-41-44(48)40-47)42-52-39-37-35-33-31-29-27-18-16-14-12-10-8-6-4-2/h5,7-8,10-11,13-14,16-17,19,21-22,24-25,44-45,47-48H,3-4,6,9,12,15,18,20,23,26-43H2,1-2H3,(H,50,51)/b7-5-,10-8-,13-11-,16-14-,19-17-,22-21-,25-24-. The number of phosphoric ester groups is 1. The maximum Gasteiger partial charge on any atom is 0.472 e. The lowest BCUT2D eigenvalue weighted by Gasteiger charge is -2.20. The van der Waals surface area contributed by atoms with Gasteiger partial charge in [0.1, 0.15) is 12.2 Å². The van der Waals surface area contributed by atoms with E-state index in [0.717, 1.165) is 103 Å². The molecule has 3 unspecified atom stereocenters. The van der Waals surface area contributed by atoms with Crippen LogP contribution in [0.25, 0.3) is 0 Å². The molecule has 0 fully saturated rings. The van der Waals surface area contributed by atoms with E-state index in [4.69, 9.17) is 23.6 Å². The Hall–Kier alpha value is -2.36. The van der Waals surface area contributed by atoms with Crippen LogP contribution in [0.3, 0.4) is 0 Å². The molecule has 10 heteroatoms. The smallest absolute Gasteiger partial charge is 0.457 e. The molecule has 0 amide bonds. The van der Waals surface area contributed by atoms with Crippen LogP contribution in [0.15, 0.2) is 85.1 Å². The van der Waals surface area contributed by atoms with Gasteiger partial charge in [0.05, 0.1) is 26.4 Å². The first-order chi connectivity index (χ1) is 27.3. The highest BCUT2D eigenvalue weighted by Crippen LogP contribution is 2.43. The van der Waals surface area contributed by atoms with Gasteiger partial charge < -0.3 is 24.6 Å². The zero-order valence-corrected chi connectivity index (χ0v) is 36.0. The molecule has 0 aliphatic carbocycles. The summed E-state index contributed by atoms with van der Waals surface area (Å²) in [5.41, 5.74) is 0. The Labute approximate surface area is 341 Å². The van der Waals surface area contributed by atoms with Crippen molar-refractivity contribution in [2.75, 3.05) is 33.0 Å². The van der Waals surface area contributed by atoms with Gasteiger partial charge in [-0.3, -0.25) is 13.8 Å². The molecule has 9 nitrogen and oxygen atoms in total. The lowest BCUT2D eigenvalue weighted by Crippen LogP contribution is -2.29. The van der Waals surface area contributed by atoms with E-state index in [9.17, 15) is 19.4 Å². The molecule has 0 aliphatic rings. The molecular formula is C46H79O9P. The molecule has 0 heterocycles. The van der Waals surface area contributed by atoms with Gasteiger partial charge in [-0.2, -0.15) is 0 Å². The summed E-state index contributed by atoms with van der Waals surface area (Å²) in [5, 5.41) is 18.3. The highest BCUT2D eigenvalue weighted by molar-refractivity contribution is 7.47. The lowest BCUT2D eigenvalue weighted by atomic mass is 10.1. The minimum absolute atomic E-state index is 0.0285. The molecule has 0 radical (unpaired) electrons. The maximum atomic E-state index is 12.6. The van der Waals surface area contributed by atoms with Crippen molar-refractivity contribution in [3.05, 3.63) is 85.1 Å². The van der Waals surface area contributed by atoms with E-state index in [-0.39, 0.29) is 13.0 Å². The monoisotopic (exact) mass is 807 g/mol. The van der Waals surface area contributed by atoms with E-state index in [1.807, 2.05) is 0 Å². The van der Waals surface area contributed by atoms with Gasteiger partial charge in [0, 0.05) is 13.0 Å². The number of ether oxygens (including phenoxy) is 2. The van der Waals surface area contributed by atoms with Gasteiger partial charge in [-0.1, -0.05) is 150 Å². The Balaban J connectivity index is 4.25. The van der Waals surface area contributed by atoms with Crippen LogP contribution >= 0.6 is 7.82 Å². The summed E-state index contributed by atoms with van der Waals surface area (Å²) in [5.74, 6) is -0.409. The Morgan fingerprint density at radius 2 is 1.02 bits per heavy atom. The van der Waals surface area contributed by atoms with Crippen LogP contribution in [0.1, 0.15) is 155 Å². The number of carbonyl (C=O) groups excluding carboxylic acids is 1. The SMILES string of the molecule is CC/C=C\C/C=C\C/C=C\C/C=C\C/C=C\CCCCCCCC(=O)OC(COCCCCCCCC/C=C\C/C=C\CCC)COP(=O)(O)OCC(O)CO. The molecule has 0 aromatic heterocycles. The topological polar surface area (TPSA) is 132 Å². The number of hydrogen-bond donors (Lipinski definition) is 3. The Kier molecular flexibility index (Phi) is 40.5. The molecule has 0 saturated heterocycles. The van der Waals surface area contributed by atoms with Crippen LogP contribution in [0.5, 0.6) is 0 Å². The second kappa shape index (κ2) is 42.3. The van der Waals surface area contributed by atoms with Crippen molar-refractivity contribution < 1.29 is 43.0 Å². The summed E-state index contributed by atoms with van der Waals surface area (Å²) in [6, 6.07) is 0. The molecule has 0 aliphatic heterocycles. The fraction of sp³-hybridized carbons (Fsp3) is 0.674. The molecule has 3 atom stereocenters. The minimum atomic E-state index is -4.53. The fourth-order valence-electron chi connectivity index (χ4n) is 5.30. The van der Waals surface area contributed by atoms with Gasteiger partial charge in [0.15, 0.2) is 0 Å². The van der Waals surface area contributed by atoms with Crippen LogP contribution in [-0.4, -0.2) is 66.3 Å². The van der Waals surface area contributed by atoms with E-state index in [1.165, 1.54) is 25.7 Å². The first-order valence-corrected chi connectivity index (χ1v) is 23.1. The van der Waals surface area contributed by atoms with E-state index >= 15 is 0 Å². The van der Waals surface area contributed by atoms with Crippen molar-refractivity contribution in [2.45, 2.75) is 167 Å². The second-order valence-electron chi connectivity index (χ2n) is 14.0. The zero-order chi connectivity index (χ0) is 41.1. The van der Waals surface area contributed by atoms with Gasteiger partial charge in [0.25, 0.3) is 0 Å². The van der Waals surface area contributed by atoms with Crippen molar-refractivity contribution in [1.82, 2.24) is 0 Å². The summed E-state index contributed by atoms with van der Waals surface area (Å²) in [7, 11) is -4.53. The van der Waals surface area contributed by atoms with Crippen LogP contribution < -0.4 is 0 Å². The van der Waals surface area contributed by atoms with E-state index in [1.54, 1.807) is 0 Å². The lowest BCUT2D eigenvalue weighted by molar-refractivity contribution is -0.154. The van der Waals surface area contributed by atoms with Crippen molar-refractivity contribution in [1.29, 1.82) is 0 Å². The quantitative estimate of drug-likeness (QED) is 0.0240. The number of aliphatic hydroxyl groups excluding tert-OH is 2. The summed E-state index contributed by atoms with van der Waals surface area (Å²) in [6.45, 7) is 3.26. The van der Waals surface area contributed by atoms with Crippen LogP contribution in [0, 0.1) is 0 Å². The summed E-state index contributed by atoms with van der Waals surface area (Å²) in [6.07, 6.45) is 51.1. The number of unbranched alkanes of at least 4 members (excludes halogenated alkanes) is 12. The Bertz CT molecular complexity index is 1140. The molecule has 3 N–H and O–H groups in total. The summed E-state index contributed by atoms with van der Waals surface area (Å²) in [4.78, 5) is 22.6. The molecule has 322 valence electrons. The number of hydrogen-bond acceptors (Lipinski definition) is 8. The van der Waals surface area contributed by atoms with E-state index in [2.05, 4.69) is 98.9 Å². The largest absolute Gasteiger partial charge is 0.472 e. The first-order valence-electron chi connectivity index (χ1n) is 21.6. The van der Waals surface area contributed by atoms with Crippen molar-refractivity contribution in [2.24, 2.45) is 0 Å². The average Bonchev–Trinajstić information content (AvgIpc) is 3.19. The molecule has 0 aromatic carbocycles. The van der Waals surface area contributed by atoms with Crippen LogP contribution in [0.2, 0.25) is 0 Å². The van der Waals surface area contributed by atoms with Gasteiger partial charge in [-0.15, -0.1) is 0 Å². The third kappa shape index (κ3) is 41.3. The molecule has 0 aromatic rings. The maximum absolute atomic E-state index is 12.6. The third-order valence-corrected chi connectivity index (χ3v) is 9.50. The zero-order valence-electron chi connectivity index (χ0n) is 35.1. The number of rotatable bonds is 40. The molecule has 0 saturated carbocycles. The summed E-state index contributed by atoms with van der Waals surface area (Å²) < 4.78 is 33.3. The molecule has 0 bridgehead atoms. The van der Waals surface area contributed by atoms with Crippen LogP contribution in [0.4, 0.5) is 0 Å². The summed E-state index contributed by atoms with van der Waals surface area (Å²) >= 11 is 0. The number of aliphatic hydroxyl groups is 2. The number of phosphoric acid groups is 1. The number of allylic oxidation sites excluding steroid dienone is 14. The fourth-order valence-corrected chi connectivity index (χ4v) is 6.09. The predicted octanol–water partition coefficient (Wildman–Crippen LogP) is 11.9. The predicted molar refractivity (Wildman–Crippen MR) is 232 cm³/mol. The average molecular weight is 807 g/mol. The van der Waals surface area contributed by atoms with Gasteiger partial charge in [0.2, 0.25) is 0 Å². The third-order valence-electron chi connectivity index (χ3n) is 8.55. The number of carbonyl (C=O) groups is 1. The Morgan fingerprint density at radius 1 is 0.571 bits per heavy atom. The van der Waals surface area contributed by atoms with E-state index in [0.29, 0.717) is 13.0 Å². The normalized spacial score (nSPS) is 14.9. The van der Waals surface area contributed by atoms with Crippen molar-refractivity contribution in [3.8, 4) is 0 Å². The Morgan fingerprint density at radius 3 is 1.54 bits per heavy atom. The molecule has 0 rings (SSSR count). The number of esters is 1. The van der Waals surface area contributed by atoms with Gasteiger partial charge >= 0.3 is 13.8 Å². The highest BCUT2D eigenvalue weighted by atomic mass is 31.2. The first kappa shape index (κ1) is 53.6. The van der Waals surface area contributed by atoms with Crippen molar-refractivity contribution >= 4 is 13.8 Å². The van der Waals surface area contributed by atoms with Crippen LogP contribution in [-0.2, 0) is 27.9 Å². The second-order valence-corrected chi connectivity index (χ2v) is 15.4. The van der Waals surface area contributed by atoms with Gasteiger partial charge in [-0.05, 0) is 83.5 Å². The molecule has 56 heavy (non-hydrogen) atoms. The van der Waals surface area contributed by atoms with Crippen molar-refractivity contribution in [3.63, 3.8) is 0 Å². The minimum Gasteiger partial charge on any atom is -0.457 e. The van der Waals surface area contributed by atoms with Gasteiger partial charge in [-0.25, -0.2) is 4.57 Å².